The van der Waals surface area contributed by atoms with Gasteiger partial charge in [-0.1, -0.05) is 34.1 Å². The van der Waals surface area contributed by atoms with Crippen LogP contribution >= 0.6 is 39.9 Å². The molecule has 2 rings (SSSR count). The highest BCUT2D eigenvalue weighted by Gasteiger charge is 2.29. The predicted octanol–water partition coefficient (Wildman–Crippen LogP) is 3.56. The third-order valence-corrected chi connectivity index (χ3v) is 5.09. The number of nitrogens with one attached hydrogen (secondary N) is 1. The van der Waals surface area contributed by atoms with Gasteiger partial charge >= 0.3 is 0 Å². The van der Waals surface area contributed by atoms with E-state index in [1.165, 1.54) is 18.4 Å². The molecule has 0 bridgehead atoms. The summed E-state index contributed by atoms with van der Waals surface area (Å²) < 4.78 is 1.14. The van der Waals surface area contributed by atoms with Gasteiger partial charge in [-0.3, -0.25) is 9.89 Å². The van der Waals surface area contributed by atoms with Gasteiger partial charge in [0.05, 0.1) is 0 Å². The van der Waals surface area contributed by atoms with Crippen molar-refractivity contribution in [3.05, 3.63) is 34.3 Å². The molecule has 1 unspecified atom stereocenters. The maximum atomic E-state index is 4.40. The molecule has 0 amide bonds. The van der Waals surface area contributed by atoms with Gasteiger partial charge < -0.3 is 10.2 Å². The molecule has 1 aliphatic rings. The summed E-state index contributed by atoms with van der Waals surface area (Å²) in [6, 6.07) is 9.62. The number of hydrogen-bond acceptors (Lipinski definition) is 2. The van der Waals surface area contributed by atoms with Gasteiger partial charge in [0.2, 0.25) is 0 Å². The van der Waals surface area contributed by atoms with Gasteiger partial charge in [-0.2, -0.15) is 0 Å². The van der Waals surface area contributed by atoms with Crippen molar-refractivity contribution in [3.8, 4) is 0 Å². The minimum atomic E-state index is 0. The average molecular weight is 495 g/mol. The van der Waals surface area contributed by atoms with Crippen LogP contribution in [-0.2, 0) is 6.54 Å². The zero-order valence-electron chi connectivity index (χ0n) is 14.4. The van der Waals surface area contributed by atoms with E-state index in [4.69, 9.17) is 0 Å². The van der Waals surface area contributed by atoms with Crippen LogP contribution in [-0.4, -0.2) is 55.5 Å². The molecule has 0 aromatic heterocycles. The SMILES string of the molecule is CN=C(NCC(C)N(C)C1CC1)N(C)Cc1ccccc1Br.I. The number of halogens is 2. The molecule has 0 aliphatic heterocycles. The third-order valence-electron chi connectivity index (χ3n) is 4.31. The normalized spacial score (nSPS) is 16.0. The van der Waals surface area contributed by atoms with Crippen molar-refractivity contribution in [3.63, 3.8) is 0 Å². The van der Waals surface area contributed by atoms with Gasteiger partial charge in [0.1, 0.15) is 0 Å². The first-order chi connectivity index (χ1) is 10.5. The Labute approximate surface area is 165 Å². The van der Waals surface area contributed by atoms with E-state index in [-0.39, 0.29) is 24.0 Å². The second-order valence-electron chi connectivity index (χ2n) is 6.12. The van der Waals surface area contributed by atoms with Gasteiger partial charge in [-0.25, -0.2) is 0 Å². The maximum Gasteiger partial charge on any atom is 0.193 e. The summed E-state index contributed by atoms with van der Waals surface area (Å²) in [5.74, 6) is 0.937. The first kappa shape index (κ1) is 20.7. The van der Waals surface area contributed by atoms with Crippen LogP contribution in [0, 0.1) is 0 Å². The van der Waals surface area contributed by atoms with Gasteiger partial charge in [0.15, 0.2) is 5.96 Å². The molecule has 1 atom stereocenters. The molecule has 6 heteroatoms. The quantitative estimate of drug-likeness (QED) is 0.372. The molecule has 0 heterocycles. The Hall–Kier alpha value is -0.340. The highest BCUT2D eigenvalue weighted by Crippen LogP contribution is 2.26. The minimum absolute atomic E-state index is 0. The zero-order chi connectivity index (χ0) is 16.1. The summed E-state index contributed by atoms with van der Waals surface area (Å²) in [6.45, 7) is 4.01. The number of benzene rings is 1. The molecule has 0 spiro atoms. The van der Waals surface area contributed by atoms with E-state index in [0.29, 0.717) is 6.04 Å². The summed E-state index contributed by atoms with van der Waals surface area (Å²) in [6.07, 6.45) is 2.69. The number of hydrogen-bond donors (Lipinski definition) is 1. The van der Waals surface area contributed by atoms with E-state index in [1.54, 1.807) is 0 Å². The minimum Gasteiger partial charge on any atom is -0.355 e. The third kappa shape index (κ3) is 6.23. The molecule has 1 aromatic rings. The van der Waals surface area contributed by atoms with Crippen LogP contribution in [0.2, 0.25) is 0 Å². The van der Waals surface area contributed by atoms with Crippen molar-refractivity contribution in [1.82, 2.24) is 15.1 Å². The fourth-order valence-electron chi connectivity index (χ4n) is 2.57. The topological polar surface area (TPSA) is 30.9 Å². The largest absolute Gasteiger partial charge is 0.355 e. The number of rotatable bonds is 6. The number of aliphatic imine (C=N–C) groups is 1. The van der Waals surface area contributed by atoms with Crippen molar-refractivity contribution in [2.75, 3.05) is 27.7 Å². The van der Waals surface area contributed by atoms with Crippen molar-refractivity contribution >= 4 is 45.9 Å². The molecule has 0 radical (unpaired) electrons. The van der Waals surface area contributed by atoms with Crippen LogP contribution in [0.1, 0.15) is 25.3 Å². The van der Waals surface area contributed by atoms with Crippen molar-refractivity contribution in [1.29, 1.82) is 0 Å². The average Bonchev–Trinajstić information content (AvgIpc) is 3.34. The van der Waals surface area contributed by atoms with Gasteiger partial charge in [-0.15, -0.1) is 24.0 Å². The van der Waals surface area contributed by atoms with E-state index in [9.17, 15) is 0 Å². The summed E-state index contributed by atoms with van der Waals surface area (Å²) in [5, 5.41) is 3.49. The van der Waals surface area contributed by atoms with Crippen LogP contribution in [0.15, 0.2) is 33.7 Å². The molecule has 1 aromatic carbocycles. The Kier molecular flexibility index (Phi) is 8.85. The molecule has 4 nitrogen and oxygen atoms in total. The molecule has 1 saturated carbocycles. The van der Waals surface area contributed by atoms with Crippen molar-refractivity contribution in [2.24, 2.45) is 4.99 Å². The zero-order valence-corrected chi connectivity index (χ0v) is 18.3. The number of guanidine groups is 1. The van der Waals surface area contributed by atoms with E-state index < -0.39 is 0 Å². The fourth-order valence-corrected chi connectivity index (χ4v) is 2.98. The van der Waals surface area contributed by atoms with Gasteiger partial charge in [-0.05, 0) is 38.4 Å². The number of likely N-dealkylation sites (N-methyl/N-ethyl adjacent to an activating group) is 1. The Morgan fingerprint density at radius 3 is 2.57 bits per heavy atom. The Morgan fingerprint density at radius 1 is 1.35 bits per heavy atom. The van der Waals surface area contributed by atoms with Crippen LogP contribution in [0.25, 0.3) is 0 Å². The Balaban J connectivity index is 0.00000264. The van der Waals surface area contributed by atoms with Crippen LogP contribution in [0.3, 0.4) is 0 Å². The van der Waals surface area contributed by atoms with Crippen LogP contribution in [0.5, 0.6) is 0 Å². The smallest absolute Gasteiger partial charge is 0.193 e. The van der Waals surface area contributed by atoms with Crippen molar-refractivity contribution < 1.29 is 0 Å². The monoisotopic (exact) mass is 494 g/mol. The number of nitrogens with zero attached hydrogens (tertiary/aromatic N) is 3. The Morgan fingerprint density at radius 2 is 2.00 bits per heavy atom. The standard InChI is InChI=1S/C17H27BrN4.HI/c1-13(22(4)15-9-10-15)11-20-17(19-2)21(3)12-14-7-5-6-8-16(14)18;/h5-8,13,15H,9-12H2,1-4H3,(H,19,20);1H. The molecule has 0 saturated heterocycles. The first-order valence-corrected chi connectivity index (χ1v) is 8.69. The summed E-state index contributed by atoms with van der Waals surface area (Å²) >= 11 is 3.61. The molecular formula is C17H28BrIN4. The first-order valence-electron chi connectivity index (χ1n) is 7.90. The van der Waals surface area contributed by atoms with Gasteiger partial charge in [0, 0.05) is 43.7 Å². The molecule has 1 N–H and O–H groups in total. The lowest BCUT2D eigenvalue weighted by Crippen LogP contribution is -2.45. The highest BCUT2D eigenvalue weighted by atomic mass is 127. The summed E-state index contributed by atoms with van der Waals surface area (Å²) in [7, 11) is 6.13. The van der Waals surface area contributed by atoms with E-state index >= 15 is 0 Å². The second-order valence-corrected chi connectivity index (χ2v) is 6.98. The molecule has 1 aliphatic carbocycles. The lowest BCUT2D eigenvalue weighted by molar-refractivity contribution is 0.246. The molecule has 130 valence electrons. The maximum absolute atomic E-state index is 4.40. The van der Waals surface area contributed by atoms with Crippen LogP contribution < -0.4 is 5.32 Å². The van der Waals surface area contributed by atoms with E-state index in [1.807, 2.05) is 13.1 Å². The predicted molar refractivity (Wildman–Crippen MR) is 113 cm³/mol. The molecule has 23 heavy (non-hydrogen) atoms. The highest BCUT2D eigenvalue weighted by molar-refractivity contribution is 14.0. The van der Waals surface area contributed by atoms with E-state index in [2.05, 4.69) is 75.3 Å². The van der Waals surface area contributed by atoms with E-state index in [0.717, 1.165) is 29.6 Å². The molecule has 1 fully saturated rings. The lowest BCUT2D eigenvalue weighted by atomic mass is 10.2. The summed E-state index contributed by atoms with van der Waals surface area (Å²) in [4.78, 5) is 9.03. The second kappa shape index (κ2) is 9.84. The van der Waals surface area contributed by atoms with Crippen molar-refractivity contribution in [2.45, 2.75) is 38.4 Å². The summed E-state index contributed by atoms with van der Waals surface area (Å²) in [5.41, 5.74) is 1.26. The van der Waals surface area contributed by atoms with Gasteiger partial charge in [0.25, 0.3) is 0 Å². The van der Waals surface area contributed by atoms with Crippen LogP contribution in [0.4, 0.5) is 0 Å². The fraction of sp³-hybridized carbons (Fsp3) is 0.588. The lowest BCUT2D eigenvalue weighted by Gasteiger charge is -2.28. The molecular weight excluding hydrogens is 467 g/mol. The Bertz CT molecular complexity index is 519.